The lowest BCUT2D eigenvalue weighted by molar-refractivity contribution is -0.384. The Morgan fingerprint density at radius 3 is 2.52 bits per heavy atom. The highest BCUT2D eigenvalue weighted by atomic mass is 16.6. The van der Waals surface area contributed by atoms with Crippen LogP contribution in [0.1, 0.15) is 21.7 Å². The summed E-state index contributed by atoms with van der Waals surface area (Å²) in [6.07, 6.45) is 2.96. The molecule has 0 aliphatic rings. The van der Waals surface area contributed by atoms with Gasteiger partial charge in [-0.2, -0.15) is 0 Å². The van der Waals surface area contributed by atoms with E-state index in [2.05, 4.69) is 0 Å². The van der Waals surface area contributed by atoms with Crippen LogP contribution in [0.15, 0.2) is 65.1 Å². The monoisotopic (exact) mass is 363 g/mol. The molecule has 6 nitrogen and oxygen atoms in total. The summed E-state index contributed by atoms with van der Waals surface area (Å²) < 4.78 is 10.7. The number of ether oxygens (including phenoxy) is 1. The molecule has 0 atom stereocenters. The van der Waals surface area contributed by atoms with Crippen molar-refractivity contribution in [1.82, 2.24) is 0 Å². The minimum Gasteiger partial charge on any atom is -0.497 e. The molecule has 0 unspecified atom stereocenters. The van der Waals surface area contributed by atoms with E-state index in [0.717, 1.165) is 5.56 Å². The molecule has 0 bridgehead atoms. The molecule has 6 heteroatoms. The van der Waals surface area contributed by atoms with Crippen LogP contribution in [0.3, 0.4) is 0 Å². The molecule has 0 aliphatic heterocycles. The summed E-state index contributed by atoms with van der Waals surface area (Å²) in [4.78, 5) is 23.0. The van der Waals surface area contributed by atoms with E-state index < -0.39 is 4.92 Å². The highest BCUT2D eigenvalue weighted by Gasteiger charge is 2.19. The average Bonchev–Trinajstić information content (AvgIpc) is 3.15. The number of nitro groups is 1. The third-order valence-corrected chi connectivity index (χ3v) is 4.03. The van der Waals surface area contributed by atoms with Crippen LogP contribution in [-0.2, 0) is 0 Å². The molecule has 0 N–H and O–H groups in total. The predicted octanol–water partition coefficient (Wildman–Crippen LogP) is 5.07. The van der Waals surface area contributed by atoms with Crippen LogP contribution < -0.4 is 4.74 Å². The van der Waals surface area contributed by atoms with Gasteiger partial charge in [-0.3, -0.25) is 14.9 Å². The lowest BCUT2D eigenvalue weighted by Crippen LogP contribution is -1.93. The average molecular weight is 363 g/mol. The van der Waals surface area contributed by atoms with Crippen LogP contribution in [0.2, 0.25) is 0 Å². The number of aryl methyl sites for hydroxylation is 1. The maximum absolute atomic E-state index is 12.2. The van der Waals surface area contributed by atoms with Crippen LogP contribution >= 0.6 is 0 Å². The minimum absolute atomic E-state index is 0.116. The molecule has 2 aromatic carbocycles. The van der Waals surface area contributed by atoms with E-state index in [4.69, 9.17) is 9.15 Å². The van der Waals surface area contributed by atoms with Crippen molar-refractivity contribution >= 4 is 17.5 Å². The Kier molecular flexibility index (Phi) is 5.17. The molecule has 3 aromatic rings. The molecule has 0 radical (unpaired) electrons. The summed E-state index contributed by atoms with van der Waals surface area (Å²) in [7, 11) is 1.44. The van der Waals surface area contributed by atoms with Crippen molar-refractivity contribution in [1.29, 1.82) is 0 Å². The first-order chi connectivity index (χ1) is 13.0. The molecule has 1 aromatic heterocycles. The number of carbonyl (C=O) groups is 1. The number of benzene rings is 2. The zero-order valence-corrected chi connectivity index (χ0v) is 14.8. The number of carbonyl (C=O) groups excluding carboxylic acids is 1. The van der Waals surface area contributed by atoms with Gasteiger partial charge in [-0.15, -0.1) is 0 Å². The van der Waals surface area contributed by atoms with Crippen molar-refractivity contribution < 1.29 is 18.9 Å². The van der Waals surface area contributed by atoms with E-state index in [1.807, 2.05) is 19.1 Å². The smallest absolute Gasteiger partial charge is 0.284 e. The number of nitro benzene ring substituents is 1. The number of ketones is 1. The molecule has 0 spiro atoms. The first kappa shape index (κ1) is 18.1. The van der Waals surface area contributed by atoms with E-state index in [0.29, 0.717) is 28.4 Å². The van der Waals surface area contributed by atoms with Crippen molar-refractivity contribution in [3.8, 4) is 17.1 Å². The molecule has 27 heavy (non-hydrogen) atoms. The Balaban J connectivity index is 1.84. The highest BCUT2D eigenvalue weighted by molar-refractivity contribution is 6.06. The van der Waals surface area contributed by atoms with E-state index in [1.165, 1.54) is 19.3 Å². The Hall–Kier alpha value is -3.67. The molecule has 0 fully saturated rings. The Morgan fingerprint density at radius 1 is 1.11 bits per heavy atom. The molecule has 0 amide bonds. The molecule has 136 valence electrons. The van der Waals surface area contributed by atoms with Gasteiger partial charge in [0, 0.05) is 5.56 Å². The SMILES string of the molecule is COc1ccc(-c2ccc(/C=C/C(=O)c3ccc(C)cc3)o2)c([N+](=O)[O-])c1. The van der Waals surface area contributed by atoms with E-state index in [9.17, 15) is 14.9 Å². The van der Waals surface area contributed by atoms with E-state index in [-0.39, 0.29) is 11.5 Å². The van der Waals surface area contributed by atoms with Gasteiger partial charge in [-0.25, -0.2) is 0 Å². The van der Waals surface area contributed by atoms with Crippen molar-refractivity contribution in [3.63, 3.8) is 0 Å². The van der Waals surface area contributed by atoms with E-state index >= 15 is 0 Å². The first-order valence-corrected chi connectivity index (χ1v) is 8.19. The number of rotatable bonds is 6. The van der Waals surface area contributed by atoms with Gasteiger partial charge in [0.15, 0.2) is 5.78 Å². The molecule has 0 saturated carbocycles. The van der Waals surface area contributed by atoms with Gasteiger partial charge < -0.3 is 9.15 Å². The van der Waals surface area contributed by atoms with Gasteiger partial charge in [0.1, 0.15) is 17.3 Å². The largest absolute Gasteiger partial charge is 0.497 e. The summed E-state index contributed by atoms with van der Waals surface area (Å²) >= 11 is 0. The lowest BCUT2D eigenvalue weighted by atomic mass is 10.1. The van der Waals surface area contributed by atoms with Crippen LogP contribution in [-0.4, -0.2) is 17.8 Å². The van der Waals surface area contributed by atoms with Crippen molar-refractivity contribution in [2.45, 2.75) is 6.92 Å². The fraction of sp³-hybridized carbons (Fsp3) is 0.0952. The van der Waals surface area contributed by atoms with Gasteiger partial charge in [0.2, 0.25) is 0 Å². The topological polar surface area (TPSA) is 82.6 Å². The first-order valence-electron chi connectivity index (χ1n) is 8.19. The number of hydrogen-bond donors (Lipinski definition) is 0. The van der Waals surface area contributed by atoms with Crippen LogP contribution in [0.25, 0.3) is 17.4 Å². The predicted molar refractivity (Wildman–Crippen MR) is 102 cm³/mol. The quantitative estimate of drug-likeness (QED) is 0.264. The third-order valence-electron chi connectivity index (χ3n) is 4.03. The zero-order chi connectivity index (χ0) is 19.4. The maximum atomic E-state index is 12.2. The summed E-state index contributed by atoms with van der Waals surface area (Å²) in [5, 5.41) is 11.3. The van der Waals surface area contributed by atoms with Gasteiger partial charge >= 0.3 is 0 Å². The fourth-order valence-corrected chi connectivity index (χ4v) is 2.56. The number of allylic oxidation sites excluding steroid dienone is 1. The van der Waals surface area contributed by atoms with Crippen LogP contribution in [0.5, 0.6) is 5.75 Å². The standard InChI is InChI=1S/C21H17NO5/c1-14-3-5-15(6-4-14)20(23)11-8-16-9-12-21(27-16)18-10-7-17(26-2)13-19(18)22(24)25/h3-13H,1-2H3/b11-8+. The van der Waals surface area contributed by atoms with Gasteiger partial charge in [-0.05, 0) is 43.3 Å². The maximum Gasteiger partial charge on any atom is 0.284 e. The zero-order valence-electron chi connectivity index (χ0n) is 14.8. The second kappa shape index (κ2) is 7.70. The van der Waals surface area contributed by atoms with Crippen molar-refractivity contribution in [2.24, 2.45) is 0 Å². The summed E-state index contributed by atoms with van der Waals surface area (Å²) in [6, 6.07) is 15.1. The summed E-state index contributed by atoms with van der Waals surface area (Å²) in [5.74, 6) is 1.01. The molecule has 0 saturated heterocycles. The Labute approximate surface area is 155 Å². The number of nitrogens with zero attached hydrogens (tertiary/aromatic N) is 1. The van der Waals surface area contributed by atoms with Crippen molar-refractivity contribution in [2.75, 3.05) is 7.11 Å². The minimum atomic E-state index is -0.489. The third kappa shape index (κ3) is 4.12. The van der Waals surface area contributed by atoms with Gasteiger partial charge in [0.25, 0.3) is 5.69 Å². The number of furan rings is 1. The van der Waals surface area contributed by atoms with Crippen molar-refractivity contribution in [3.05, 3.63) is 87.7 Å². The molecule has 1 heterocycles. The van der Waals surface area contributed by atoms with Gasteiger partial charge in [0.05, 0.1) is 23.7 Å². The summed E-state index contributed by atoms with van der Waals surface area (Å²) in [5.41, 5.74) is 1.88. The molecular weight excluding hydrogens is 346 g/mol. The lowest BCUT2D eigenvalue weighted by Gasteiger charge is -2.03. The van der Waals surface area contributed by atoms with E-state index in [1.54, 1.807) is 42.5 Å². The second-order valence-electron chi connectivity index (χ2n) is 5.91. The Bertz CT molecular complexity index is 1020. The molecule has 0 aliphatic carbocycles. The number of methoxy groups -OCH3 is 1. The summed E-state index contributed by atoms with van der Waals surface area (Å²) in [6.45, 7) is 1.95. The molecular formula is C21H17NO5. The second-order valence-corrected chi connectivity index (χ2v) is 5.91. The normalized spacial score (nSPS) is 10.9. The Morgan fingerprint density at radius 2 is 1.85 bits per heavy atom. The fourth-order valence-electron chi connectivity index (χ4n) is 2.56. The molecule has 3 rings (SSSR count). The highest BCUT2D eigenvalue weighted by Crippen LogP contribution is 2.34. The number of hydrogen-bond acceptors (Lipinski definition) is 5. The van der Waals surface area contributed by atoms with Gasteiger partial charge in [-0.1, -0.05) is 29.8 Å². The van der Waals surface area contributed by atoms with Crippen LogP contribution in [0, 0.1) is 17.0 Å². The van der Waals surface area contributed by atoms with Crippen LogP contribution in [0.4, 0.5) is 5.69 Å².